The molecule has 4 aromatic rings. The molecule has 6 nitrogen and oxygen atoms in total. The number of fused-ring (bicyclic) bond motifs is 2. The van der Waals surface area contributed by atoms with Crippen molar-refractivity contribution in [1.82, 2.24) is 0 Å². The molecule has 0 saturated carbocycles. The first-order chi connectivity index (χ1) is 17.1. The van der Waals surface area contributed by atoms with Crippen LogP contribution in [0.4, 0.5) is 23.2 Å². The third-order valence-corrected chi connectivity index (χ3v) is 5.93. The molecule has 0 N–H and O–H groups in total. The predicted molar refractivity (Wildman–Crippen MR) is 120 cm³/mol. The van der Waals surface area contributed by atoms with E-state index in [4.69, 9.17) is 4.42 Å². The Hall–Kier alpha value is -4.47. The van der Waals surface area contributed by atoms with Crippen LogP contribution in [0.2, 0.25) is 0 Å². The molecule has 1 atom stereocenters. The van der Waals surface area contributed by atoms with Crippen LogP contribution in [0.3, 0.4) is 0 Å². The molecule has 1 aliphatic heterocycles. The van der Waals surface area contributed by atoms with Gasteiger partial charge in [-0.1, -0.05) is 18.2 Å². The van der Waals surface area contributed by atoms with Gasteiger partial charge in [0, 0.05) is 5.69 Å². The van der Waals surface area contributed by atoms with E-state index >= 15 is 0 Å². The lowest BCUT2D eigenvalue weighted by Gasteiger charge is -2.26. The van der Waals surface area contributed by atoms with Crippen molar-refractivity contribution >= 4 is 28.5 Å². The Labute approximate surface area is 200 Å². The van der Waals surface area contributed by atoms with Crippen LogP contribution in [0.5, 0.6) is 0 Å². The number of alkyl halides is 3. The lowest BCUT2D eigenvalue weighted by atomic mass is 9.97. The zero-order chi connectivity index (χ0) is 25.8. The van der Waals surface area contributed by atoms with E-state index in [2.05, 4.69) is 4.74 Å². The highest BCUT2D eigenvalue weighted by atomic mass is 19.4. The van der Waals surface area contributed by atoms with Gasteiger partial charge in [0.1, 0.15) is 11.4 Å². The van der Waals surface area contributed by atoms with E-state index in [0.29, 0.717) is 5.56 Å². The van der Waals surface area contributed by atoms with Crippen molar-refractivity contribution in [3.63, 3.8) is 0 Å². The average molecular weight is 497 g/mol. The summed E-state index contributed by atoms with van der Waals surface area (Å²) in [6, 6.07) is 11.8. The molecule has 5 rings (SSSR count). The van der Waals surface area contributed by atoms with Crippen molar-refractivity contribution in [2.75, 3.05) is 12.0 Å². The Morgan fingerprint density at radius 1 is 1.00 bits per heavy atom. The zero-order valence-corrected chi connectivity index (χ0v) is 18.4. The monoisotopic (exact) mass is 497 g/mol. The highest BCUT2D eigenvalue weighted by molar-refractivity contribution is 6.10. The highest BCUT2D eigenvalue weighted by Crippen LogP contribution is 2.42. The summed E-state index contributed by atoms with van der Waals surface area (Å²) in [5.74, 6) is -2.53. The molecule has 36 heavy (non-hydrogen) atoms. The number of carbonyl (C=O) groups is 2. The van der Waals surface area contributed by atoms with E-state index < -0.39 is 40.9 Å². The van der Waals surface area contributed by atoms with Crippen LogP contribution < -0.4 is 10.3 Å². The van der Waals surface area contributed by atoms with Crippen molar-refractivity contribution in [2.45, 2.75) is 12.2 Å². The van der Waals surface area contributed by atoms with Gasteiger partial charge in [0.2, 0.25) is 5.76 Å². The number of hydrogen-bond donors (Lipinski definition) is 0. The van der Waals surface area contributed by atoms with Crippen LogP contribution in [0.15, 0.2) is 75.9 Å². The number of anilines is 1. The number of nitrogens with zero attached hydrogens (tertiary/aromatic N) is 1. The number of methoxy groups -OCH3 is 1. The van der Waals surface area contributed by atoms with Gasteiger partial charge in [-0.15, -0.1) is 0 Å². The Bertz CT molecular complexity index is 1590. The molecular formula is C26H15F4NO5. The summed E-state index contributed by atoms with van der Waals surface area (Å²) in [5, 5.41) is -0.122. The second-order valence-electron chi connectivity index (χ2n) is 8.05. The minimum absolute atomic E-state index is 0.0424. The summed E-state index contributed by atoms with van der Waals surface area (Å²) in [7, 11) is 1.20. The molecule has 0 spiro atoms. The molecule has 10 heteroatoms. The first kappa shape index (κ1) is 23.3. The lowest BCUT2D eigenvalue weighted by Crippen LogP contribution is -2.29. The fourth-order valence-electron chi connectivity index (χ4n) is 4.28. The summed E-state index contributed by atoms with van der Waals surface area (Å²) >= 11 is 0. The van der Waals surface area contributed by atoms with Crippen molar-refractivity contribution in [3.05, 3.63) is 111 Å². The van der Waals surface area contributed by atoms with Crippen LogP contribution in [0, 0.1) is 5.82 Å². The quantitative estimate of drug-likeness (QED) is 0.277. The van der Waals surface area contributed by atoms with Gasteiger partial charge < -0.3 is 9.15 Å². The van der Waals surface area contributed by atoms with E-state index in [1.54, 1.807) is 0 Å². The maximum atomic E-state index is 13.9. The highest BCUT2D eigenvalue weighted by Gasteiger charge is 2.44. The van der Waals surface area contributed by atoms with Crippen LogP contribution in [0.25, 0.3) is 11.0 Å². The molecule has 1 unspecified atom stereocenters. The first-order valence-corrected chi connectivity index (χ1v) is 10.6. The summed E-state index contributed by atoms with van der Waals surface area (Å²) in [4.78, 5) is 39.8. The smallest absolute Gasteiger partial charge is 0.416 e. The minimum Gasteiger partial charge on any atom is -0.465 e. The van der Waals surface area contributed by atoms with Crippen LogP contribution in [-0.2, 0) is 10.9 Å². The van der Waals surface area contributed by atoms with Gasteiger partial charge in [-0.3, -0.25) is 14.5 Å². The van der Waals surface area contributed by atoms with E-state index in [1.165, 1.54) is 43.5 Å². The second kappa shape index (κ2) is 8.33. The van der Waals surface area contributed by atoms with E-state index in [0.717, 1.165) is 35.2 Å². The van der Waals surface area contributed by atoms with E-state index in [9.17, 15) is 31.9 Å². The molecule has 0 saturated heterocycles. The van der Waals surface area contributed by atoms with Crippen molar-refractivity contribution in [3.8, 4) is 0 Å². The molecule has 0 bridgehead atoms. The maximum Gasteiger partial charge on any atom is 0.416 e. The predicted octanol–water partition coefficient (Wildman–Crippen LogP) is 5.49. The van der Waals surface area contributed by atoms with E-state index in [1.807, 2.05) is 0 Å². The number of halogens is 4. The fourth-order valence-corrected chi connectivity index (χ4v) is 4.28. The molecule has 1 aromatic heterocycles. The number of benzene rings is 3. The molecule has 0 fully saturated rings. The Morgan fingerprint density at radius 3 is 2.39 bits per heavy atom. The Kier molecular flexibility index (Phi) is 5.39. The van der Waals surface area contributed by atoms with Crippen molar-refractivity contribution < 1.29 is 36.3 Å². The fraction of sp³-hybridized carbons (Fsp3) is 0.115. The third-order valence-electron chi connectivity index (χ3n) is 5.93. The average Bonchev–Trinajstić information content (AvgIpc) is 3.16. The summed E-state index contributed by atoms with van der Waals surface area (Å²) < 4.78 is 64.6. The largest absolute Gasteiger partial charge is 0.465 e. The topological polar surface area (TPSA) is 76.8 Å². The molecule has 0 aliphatic carbocycles. The summed E-state index contributed by atoms with van der Waals surface area (Å²) in [6.07, 6.45) is -4.68. The zero-order valence-electron chi connectivity index (χ0n) is 18.4. The second-order valence-corrected chi connectivity index (χ2v) is 8.05. The van der Waals surface area contributed by atoms with Gasteiger partial charge in [-0.25, -0.2) is 9.18 Å². The number of hydrogen-bond acceptors (Lipinski definition) is 5. The molecule has 0 radical (unpaired) electrons. The summed E-state index contributed by atoms with van der Waals surface area (Å²) in [5.41, 5.74) is -1.51. The maximum absolute atomic E-state index is 13.9. The number of rotatable bonds is 3. The molecule has 182 valence electrons. The van der Waals surface area contributed by atoms with Crippen LogP contribution >= 0.6 is 0 Å². The lowest BCUT2D eigenvalue weighted by molar-refractivity contribution is -0.137. The van der Waals surface area contributed by atoms with Gasteiger partial charge in [0.25, 0.3) is 5.91 Å². The first-order valence-electron chi connectivity index (χ1n) is 10.6. The standard InChI is InChI=1S/C26H15F4NO5/c1-35-25(34)14-7-5-13(6-8-14)21-20-22(32)18-12-16(27)9-10-19(18)36-23(20)24(33)31(21)17-4-2-3-15(11-17)26(28,29)30/h2-12,21H,1H3. The minimum atomic E-state index is -4.68. The number of carbonyl (C=O) groups excluding carboxylic acids is 2. The normalized spacial score (nSPS) is 15.3. The number of esters is 1. The molecule has 1 amide bonds. The molecular weight excluding hydrogens is 482 g/mol. The van der Waals surface area contributed by atoms with E-state index in [-0.39, 0.29) is 33.5 Å². The van der Waals surface area contributed by atoms with Gasteiger partial charge in [0.15, 0.2) is 5.43 Å². The third kappa shape index (κ3) is 3.71. The molecule has 1 aliphatic rings. The number of ether oxygens (including phenoxy) is 1. The van der Waals surface area contributed by atoms with Crippen LogP contribution in [0.1, 0.15) is 43.6 Å². The van der Waals surface area contributed by atoms with Gasteiger partial charge in [-0.05, 0) is 54.1 Å². The van der Waals surface area contributed by atoms with Crippen molar-refractivity contribution in [2.24, 2.45) is 0 Å². The van der Waals surface area contributed by atoms with Gasteiger partial charge in [0.05, 0.1) is 35.2 Å². The number of amides is 1. The van der Waals surface area contributed by atoms with Gasteiger partial charge in [-0.2, -0.15) is 13.2 Å². The Balaban J connectivity index is 1.76. The molecule has 2 heterocycles. The molecule has 3 aromatic carbocycles. The SMILES string of the molecule is COC(=O)c1ccc(C2c3c(oc4ccc(F)cc4c3=O)C(=O)N2c2cccc(C(F)(F)F)c2)cc1. The van der Waals surface area contributed by atoms with Crippen molar-refractivity contribution in [1.29, 1.82) is 0 Å². The Morgan fingerprint density at radius 2 is 1.72 bits per heavy atom. The summed E-state index contributed by atoms with van der Waals surface area (Å²) in [6.45, 7) is 0. The van der Waals surface area contributed by atoms with Crippen LogP contribution in [-0.4, -0.2) is 19.0 Å². The van der Waals surface area contributed by atoms with Gasteiger partial charge >= 0.3 is 12.1 Å².